The Labute approximate surface area is 133 Å². The van der Waals surface area contributed by atoms with Gasteiger partial charge in [0.05, 0.1) is 0 Å². The molecule has 0 aromatic heterocycles. The van der Waals surface area contributed by atoms with Crippen molar-refractivity contribution in [2.45, 2.75) is 13.8 Å². The first-order valence-electron chi connectivity index (χ1n) is 1.82. The van der Waals surface area contributed by atoms with E-state index in [1.165, 1.54) is 0 Å². The van der Waals surface area contributed by atoms with Crippen molar-refractivity contribution < 1.29 is 64.1 Å². The van der Waals surface area contributed by atoms with Gasteiger partial charge in [-0.2, -0.15) is 0 Å². The Morgan fingerprint density at radius 2 is 0.917 bits per heavy atom. The van der Waals surface area contributed by atoms with Gasteiger partial charge in [-0.1, -0.05) is 0 Å². The van der Waals surface area contributed by atoms with E-state index in [0.29, 0.717) is 0 Å². The van der Waals surface area contributed by atoms with Gasteiger partial charge in [-0.15, -0.1) is 0 Å². The van der Waals surface area contributed by atoms with Crippen LogP contribution in [0.15, 0.2) is 0 Å². The zero-order valence-corrected chi connectivity index (χ0v) is 14.8. The van der Waals surface area contributed by atoms with Crippen molar-refractivity contribution in [2.24, 2.45) is 0 Å². The Kier molecular flexibility index (Phi) is 91.3. The van der Waals surface area contributed by atoms with E-state index in [2.05, 4.69) is 0 Å². The average molecular weight is 342 g/mol. The van der Waals surface area contributed by atoms with Gasteiger partial charge in [0.1, 0.15) is 0 Å². The van der Waals surface area contributed by atoms with Crippen LogP contribution in [0.3, 0.4) is 0 Å². The number of halogens is 2. The Hall–Kier alpha value is 1.62. The van der Waals surface area contributed by atoms with Crippen molar-refractivity contribution in [3.63, 3.8) is 0 Å². The first-order chi connectivity index (χ1) is 3.46. The molecule has 0 heterocycles. The van der Waals surface area contributed by atoms with Crippen molar-refractivity contribution >= 4 is 57.4 Å². The molecule has 0 radical (unpaired) electrons. The van der Waals surface area contributed by atoms with Gasteiger partial charge in [0, 0.05) is 11.9 Å². The van der Waals surface area contributed by atoms with Crippen molar-refractivity contribution in [2.75, 3.05) is 0 Å². The molecule has 0 saturated carbocycles. The molecule has 0 fully saturated rings. The second-order valence-electron chi connectivity index (χ2n) is 0.983. The summed E-state index contributed by atoms with van der Waals surface area (Å²) in [5.41, 5.74) is 0. The number of hydrogen-bond donors (Lipinski definition) is 0. The molecule has 0 aliphatic heterocycles. The quantitative estimate of drug-likeness (QED) is 0.410. The maximum Gasteiger partial charge on any atom is 2.00 e. The van der Waals surface area contributed by atoms with Crippen molar-refractivity contribution in [3.8, 4) is 0 Å². The Balaban J connectivity index is -0.0000000112. The predicted molar refractivity (Wildman–Crippen MR) is 27.1 cm³/mol. The van der Waals surface area contributed by atoms with Gasteiger partial charge >= 0.3 is 65.0 Å². The van der Waals surface area contributed by atoms with Gasteiger partial charge in [0.25, 0.3) is 0 Å². The normalized spacial score (nSPS) is 4.17. The number of aliphatic carboxylic acids is 2. The van der Waals surface area contributed by atoms with E-state index in [9.17, 15) is 0 Å². The summed E-state index contributed by atoms with van der Waals surface area (Å²) in [7, 11) is 0. The monoisotopic (exact) mass is 340 g/mol. The van der Waals surface area contributed by atoms with Crippen LogP contribution >= 0.6 is 0 Å². The van der Waals surface area contributed by atoms with Gasteiger partial charge in [-0.05, 0) is 13.8 Å². The minimum Gasteiger partial charge on any atom is -1.00 e. The molecule has 64 valence electrons. The molecule has 0 aromatic carbocycles. The molecule has 0 spiro atoms. The summed E-state index contributed by atoms with van der Waals surface area (Å²) in [6.45, 7) is 1.94. The Morgan fingerprint density at radius 1 is 0.917 bits per heavy atom. The van der Waals surface area contributed by atoms with Crippen LogP contribution in [0.5, 0.6) is 0 Å². The smallest absolute Gasteiger partial charge is 1.00 e. The van der Waals surface area contributed by atoms with Crippen LogP contribution in [0.2, 0.25) is 0 Å². The standard InChI is InChI=1S/2C2H4O2.2ClH.Sr.Zn/c2*1-2(3)4;;;;/h2*1H3,(H,3,4);2*1H;;/q;;;;2*+2/p-4. The van der Waals surface area contributed by atoms with E-state index in [0.717, 1.165) is 13.8 Å². The number of carboxylic acids is 2. The molecule has 0 atom stereocenters. The van der Waals surface area contributed by atoms with E-state index in [4.69, 9.17) is 19.8 Å². The fourth-order valence-corrected chi connectivity index (χ4v) is 0. The summed E-state index contributed by atoms with van der Waals surface area (Å²) in [5.74, 6) is -2.17. The third-order valence-electron chi connectivity index (χ3n) is 0. The Bertz CT molecular complexity index is 83.1. The molecule has 0 aromatic rings. The summed E-state index contributed by atoms with van der Waals surface area (Å²) < 4.78 is 0. The topological polar surface area (TPSA) is 80.3 Å². The molecule has 4 nitrogen and oxygen atoms in total. The number of hydrogen-bond acceptors (Lipinski definition) is 4. The molecule has 0 aliphatic rings. The van der Waals surface area contributed by atoms with Gasteiger partial charge in [-0.3, -0.25) is 0 Å². The van der Waals surface area contributed by atoms with Crippen LogP contribution in [-0.4, -0.2) is 57.4 Å². The molecular weight excluding hydrogens is 336 g/mol. The third-order valence-corrected chi connectivity index (χ3v) is 0. The second kappa shape index (κ2) is 29.3. The van der Waals surface area contributed by atoms with Gasteiger partial charge in [-0.25, -0.2) is 0 Å². The van der Waals surface area contributed by atoms with E-state index < -0.39 is 11.9 Å². The zero-order valence-electron chi connectivity index (χ0n) is 6.80. The molecule has 0 amide bonds. The molecule has 0 N–H and O–H groups in total. The van der Waals surface area contributed by atoms with Crippen molar-refractivity contribution in [1.82, 2.24) is 0 Å². The van der Waals surface area contributed by atoms with E-state index >= 15 is 0 Å². The van der Waals surface area contributed by atoms with Crippen LogP contribution in [0.4, 0.5) is 0 Å². The third kappa shape index (κ3) is 498. The average Bonchev–Trinajstić information content (AvgIpc) is 1.25. The van der Waals surface area contributed by atoms with Crippen molar-refractivity contribution in [3.05, 3.63) is 0 Å². The number of carbonyl (C=O) groups is 2. The molecule has 0 rings (SSSR count). The molecule has 12 heavy (non-hydrogen) atoms. The molecule has 8 heteroatoms. The summed E-state index contributed by atoms with van der Waals surface area (Å²) in [5, 5.41) is 17.8. The fourth-order valence-electron chi connectivity index (χ4n) is 0. The summed E-state index contributed by atoms with van der Waals surface area (Å²) in [6, 6.07) is 0. The van der Waals surface area contributed by atoms with Crippen molar-refractivity contribution in [1.29, 1.82) is 0 Å². The summed E-state index contributed by atoms with van der Waals surface area (Å²) in [4.78, 5) is 17.8. The maximum absolute atomic E-state index is 8.89. The molecular formula is C4H6Cl2O4SrZn. The minimum absolute atomic E-state index is 0. The summed E-state index contributed by atoms with van der Waals surface area (Å²) >= 11 is 0. The van der Waals surface area contributed by atoms with Crippen LogP contribution in [0, 0.1) is 0 Å². The predicted octanol–water partition coefficient (Wildman–Crippen LogP) is -8.86. The SMILES string of the molecule is CC(=O)[O-].CC(=O)[O-].[Cl-].[Cl-].[Sr+2].[Zn+2]. The molecule has 0 saturated heterocycles. The molecule has 0 aliphatic carbocycles. The van der Waals surface area contributed by atoms with E-state index in [1.807, 2.05) is 0 Å². The minimum atomic E-state index is -1.08. The van der Waals surface area contributed by atoms with Crippen LogP contribution < -0.4 is 35.0 Å². The van der Waals surface area contributed by atoms with Crippen LogP contribution in [0.1, 0.15) is 13.8 Å². The van der Waals surface area contributed by atoms with Gasteiger partial charge in [0.15, 0.2) is 0 Å². The van der Waals surface area contributed by atoms with E-state index in [1.54, 1.807) is 0 Å². The van der Waals surface area contributed by atoms with Gasteiger partial charge in [0.2, 0.25) is 0 Å². The first-order valence-corrected chi connectivity index (χ1v) is 1.82. The van der Waals surface area contributed by atoms with Crippen LogP contribution in [-0.2, 0) is 29.1 Å². The second-order valence-corrected chi connectivity index (χ2v) is 0.983. The first kappa shape index (κ1) is 37.4. The maximum atomic E-state index is 8.89. The molecule has 0 unspecified atom stereocenters. The number of carboxylic acid groups (broad SMARTS) is 2. The Morgan fingerprint density at radius 3 is 0.917 bits per heavy atom. The molecule has 0 bridgehead atoms. The zero-order chi connectivity index (χ0) is 7.15. The number of rotatable bonds is 0. The number of carbonyl (C=O) groups excluding carboxylic acids is 2. The summed E-state index contributed by atoms with van der Waals surface area (Å²) in [6.07, 6.45) is 0. The van der Waals surface area contributed by atoms with E-state index in [-0.39, 0.29) is 89.8 Å². The van der Waals surface area contributed by atoms with Gasteiger partial charge < -0.3 is 44.6 Å². The fraction of sp³-hybridized carbons (Fsp3) is 0.500. The van der Waals surface area contributed by atoms with Crippen LogP contribution in [0.25, 0.3) is 0 Å². The largest absolute Gasteiger partial charge is 2.00 e.